The number of phosphoric acid groups is 1. The minimum absolute atomic E-state index is 0.0328. The summed E-state index contributed by atoms with van der Waals surface area (Å²) >= 11 is 0. The number of phosphoric ester groups is 1. The fourth-order valence-electron chi connectivity index (χ4n) is 5.36. The van der Waals surface area contributed by atoms with Crippen LogP contribution in [0.25, 0.3) is 0 Å². The predicted molar refractivity (Wildman–Crippen MR) is 201 cm³/mol. The number of unbranched alkanes of at least 4 members (excludes halogenated alkanes) is 20. The Hall–Kier alpha value is -1.25. The zero-order valence-electron chi connectivity index (χ0n) is 32.4. The molecule has 0 fully saturated rings. The lowest BCUT2D eigenvalue weighted by Gasteiger charge is -2.24. The van der Waals surface area contributed by atoms with Gasteiger partial charge in [-0.15, -0.1) is 0 Å². The number of ether oxygens (including phenoxy) is 2. The number of allylic oxidation sites excluding steroid dienone is 2. The molecule has 0 saturated heterocycles. The van der Waals surface area contributed by atoms with E-state index in [4.69, 9.17) is 18.5 Å². The Morgan fingerprint density at radius 1 is 0.612 bits per heavy atom. The quantitative estimate of drug-likeness (QED) is 0.0224. The summed E-state index contributed by atoms with van der Waals surface area (Å²) in [4.78, 5) is 35.2. The third-order valence-corrected chi connectivity index (χ3v) is 9.53. The molecule has 0 aromatic rings. The van der Waals surface area contributed by atoms with Crippen LogP contribution in [0.1, 0.15) is 174 Å². The lowest BCUT2D eigenvalue weighted by atomic mass is 10.0. The third-order valence-electron chi connectivity index (χ3n) is 8.55. The molecule has 0 heterocycles. The first-order chi connectivity index (χ1) is 23.5. The maximum absolute atomic E-state index is 12.6. The van der Waals surface area contributed by atoms with Gasteiger partial charge in [0.15, 0.2) is 6.10 Å². The van der Waals surface area contributed by atoms with E-state index in [0.717, 1.165) is 51.4 Å². The van der Waals surface area contributed by atoms with Gasteiger partial charge < -0.3 is 18.9 Å². The second-order valence-corrected chi connectivity index (χ2v) is 16.1. The van der Waals surface area contributed by atoms with Crippen molar-refractivity contribution in [3.63, 3.8) is 0 Å². The van der Waals surface area contributed by atoms with Gasteiger partial charge in [-0.3, -0.25) is 18.6 Å². The van der Waals surface area contributed by atoms with Crippen molar-refractivity contribution in [1.82, 2.24) is 0 Å². The number of rotatable bonds is 36. The summed E-state index contributed by atoms with van der Waals surface area (Å²) in [6, 6.07) is 0. The van der Waals surface area contributed by atoms with Gasteiger partial charge in [-0.1, -0.05) is 135 Å². The Balaban J connectivity index is 4.42. The van der Waals surface area contributed by atoms with Crippen LogP contribution in [0.3, 0.4) is 0 Å². The van der Waals surface area contributed by atoms with Crippen LogP contribution < -0.4 is 0 Å². The Bertz CT molecular complexity index is 860. The highest BCUT2D eigenvalue weighted by molar-refractivity contribution is 7.47. The SMILES string of the molecule is CCCCCC/C=C/CCCCCCCC(=O)O[C@H](COC(=O)CCCCCCCCCCCCCC)COP(=O)(O)OCC[N+](C)(C)C. The average molecular weight is 719 g/mol. The highest BCUT2D eigenvalue weighted by Crippen LogP contribution is 2.43. The largest absolute Gasteiger partial charge is 0.472 e. The van der Waals surface area contributed by atoms with E-state index in [1.54, 1.807) is 0 Å². The van der Waals surface area contributed by atoms with Gasteiger partial charge in [-0.2, -0.15) is 0 Å². The number of carbonyl (C=O) groups is 2. The fraction of sp³-hybridized carbons (Fsp3) is 0.897. The molecular formula is C39H77NO8P+. The number of hydrogen-bond acceptors (Lipinski definition) is 7. The van der Waals surface area contributed by atoms with Gasteiger partial charge in [0.1, 0.15) is 19.8 Å². The van der Waals surface area contributed by atoms with Crippen LogP contribution in [0.15, 0.2) is 12.2 Å². The highest BCUT2D eigenvalue weighted by atomic mass is 31.2. The first kappa shape index (κ1) is 47.8. The van der Waals surface area contributed by atoms with E-state index < -0.39 is 26.5 Å². The van der Waals surface area contributed by atoms with Crippen molar-refractivity contribution in [3.8, 4) is 0 Å². The molecule has 9 nitrogen and oxygen atoms in total. The molecule has 0 aromatic heterocycles. The molecule has 0 aromatic carbocycles. The topological polar surface area (TPSA) is 108 Å². The van der Waals surface area contributed by atoms with Crippen LogP contribution in [0.4, 0.5) is 0 Å². The van der Waals surface area contributed by atoms with Gasteiger partial charge in [0.05, 0.1) is 27.7 Å². The number of hydrogen-bond donors (Lipinski definition) is 1. The van der Waals surface area contributed by atoms with E-state index in [-0.39, 0.29) is 25.6 Å². The van der Waals surface area contributed by atoms with Crippen LogP contribution in [-0.2, 0) is 32.7 Å². The minimum Gasteiger partial charge on any atom is -0.462 e. The van der Waals surface area contributed by atoms with Gasteiger partial charge in [0.25, 0.3) is 0 Å². The molecule has 1 unspecified atom stereocenters. The van der Waals surface area contributed by atoms with Crippen molar-refractivity contribution in [1.29, 1.82) is 0 Å². The molecule has 0 rings (SSSR count). The Kier molecular flexibility index (Phi) is 31.8. The van der Waals surface area contributed by atoms with Crippen LogP contribution in [0, 0.1) is 0 Å². The van der Waals surface area contributed by atoms with Crippen molar-refractivity contribution >= 4 is 19.8 Å². The van der Waals surface area contributed by atoms with Crippen molar-refractivity contribution in [2.75, 3.05) is 47.5 Å². The lowest BCUT2D eigenvalue weighted by Crippen LogP contribution is -2.37. The van der Waals surface area contributed by atoms with Crippen molar-refractivity contribution in [3.05, 3.63) is 12.2 Å². The summed E-state index contributed by atoms with van der Waals surface area (Å²) < 4.78 is 34.2. The number of esters is 2. The first-order valence-corrected chi connectivity index (χ1v) is 21.4. The number of likely N-dealkylation sites (N-methyl/N-ethyl adjacent to an activating group) is 1. The number of carbonyl (C=O) groups excluding carboxylic acids is 2. The first-order valence-electron chi connectivity index (χ1n) is 19.9. The molecule has 0 aliphatic heterocycles. The second-order valence-electron chi connectivity index (χ2n) is 14.7. The highest BCUT2D eigenvalue weighted by Gasteiger charge is 2.27. The van der Waals surface area contributed by atoms with Gasteiger partial charge in [0.2, 0.25) is 0 Å². The van der Waals surface area contributed by atoms with Gasteiger partial charge in [-0.25, -0.2) is 4.57 Å². The molecule has 0 saturated carbocycles. The number of nitrogens with zero attached hydrogens (tertiary/aromatic N) is 1. The normalized spacial score (nSPS) is 13.8. The molecule has 0 bridgehead atoms. The molecule has 0 amide bonds. The van der Waals surface area contributed by atoms with Crippen molar-refractivity contribution < 1.29 is 42.1 Å². The van der Waals surface area contributed by atoms with Gasteiger partial charge in [-0.05, 0) is 38.5 Å². The van der Waals surface area contributed by atoms with Crippen LogP contribution in [0.5, 0.6) is 0 Å². The lowest BCUT2D eigenvalue weighted by molar-refractivity contribution is -0.870. The van der Waals surface area contributed by atoms with E-state index in [2.05, 4.69) is 26.0 Å². The molecule has 290 valence electrons. The average Bonchev–Trinajstić information content (AvgIpc) is 3.04. The minimum atomic E-state index is -4.36. The summed E-state index contributed by atoms with van der Waals surface area (Å²) in [5.74, 6) is -0.804. The molecule has 2 atom stereocenters. The smallest absolute Gasteiger partial charge is 0.462 e. The van der Waals surface area contributed by atoms with E-state index in [9.17, 15) is 19.0 Å². The zero-order valence-corrected chi connectivity index (χ0v) is 33.3. The van der Waals surface area contributed by atoms with Crippen LogP contribution >= 0.6 is 7.82 Å². The predicted octanol–water partition coefficient (Wildman–Crippen LogP) is 10.6. The standard InChI is InChI=1S/C39H76NO8P/c1-6-8-10-12-14-16-18-20-22-24-26-28-30-32-39(42)48-37(36-47-49(43,44)46-34-33-40(3,4)5)35-45-38(41)31-29-27-25-23-21-19-17-15-13-11-9-7-2/h16,18,37H,6-15,17,19-36H2,1-5H3/p+1/b18-16+/t37-/m1/s1. The monoisotopic (exact) mass is 719 g/mol. The second kappa shape index (κ2) is 32.6. The maximum atomic E-state index is 12.6. The summed E-state index contributed by atoms with van der Waals surface area (Å²) in [6.45, 7) is 4.39. The fourth-order valence-corrected chi connectivity index (χ4v) is 6.10. The van der Waals surface area contributed by atoms with Gasteiger partial charge >= 0.3 is 19.8 Å². The Morgan fingerprint density at radius 3 is 1.53 bits per heavy atom. The Labute approximate surface area is 301 Å². The van der Waals surface area contributed by atoms with Crippen molar-refractivity contribution in [2.45, 2.75) is 180 Å². The molecule has 0 aliphatic carbocycles. The van der Waals surface area contributed by atoms with E-state index in [0.29, 0.717) is 23.9 Å². The molecular weight excluding hydrogens is 641 g/mol. The van der Waals surface area contributed by atoms with Crippen LogP contribution in [0.2, 0.25) is 0 Å². The summed E-state index contributed by atoms with van der Waals surface area (Å²) in [6.07, 6.45) is 31.1. The zero-order chi connectivity index (χ0) is 36.5. The molecule has 0 spiro atoms. The van der Waals surface area contributed by atoms with E-state index in [1.165, 1.54) is 89.9 Å². The van der Waals surface area contributed by atoms with Crippen molar-refractivity contribution in [2.24, 2.45) is 0 Å². The third kappa shape index (κ3) is 36.3. The number of quaternary nitrogens is 1. The van der Waals surface area contributed by atoms with E-state index in [1.807, 2.05) is 21.1 Å². The molecule has 10 heteroatoms. The molecule has 49 heavy (non-hydrogen) atoms. The molecule has 1 N–H and O–H groups in total. The van der Waals surface area contributed by atoms with Gasteiger partial charge in [0, 0.05) is 12.8 Å². The molecule has 0 radical (unpaired) electrons. The van der Waals surface area contributed by atoms with Crippen LogP contribution in [-0.4, -0.2) is 74.9 Å². The summed E-state index contributed by atoms with van der Waals surface area (Å²) in [5.41, 5.74) is 0. The Morgan fingerprint density at radius 2 is 1.04 bits per heavy atom. The van der Waals surface area contributed by atoms with E-state index >= 15 is 0 Å². The summed E-state index contributed by atoms with van der Waals surface area (Å²) in [5, 5.41) is 0. The maximum Gasteiger partial charge on any atom is 0.472 e. The summed E-state index contributed by atoms with van der Waals surface area (Å²) in [7, 11) is 1.48. The molecule has 0 aliphatic rings.